The van der Waals surface area contributed by atoms with Crippen molar-refractivity contribution < 1.29 is 4.74 Å². The van der Waals surface area contributed by atoms with Crippen molar-refractivity contribution in [2.45, 2.75) is 20.8 Å². The number of thiocarbonyl (C=S) groups is 1. The van der Waals surface area contributed by atoms with Crippen molar-refractivity contribution in [3.05, 3.63) is 0 Å². The van der Waals surface area contributed by atoms with Crippen molar-refractivity contribution in [2.75, 3.05) is 6.61 Å². The summed E-state index contributed by atoms with van der Waals surface area (Å²) >= 11 is 8.42. The van der Waals surface area contributed by atoms with E-state index in [-0.39, 0.29) is 35.0 Å². The molecule has 1 nitrogen and oxygen atoms in total. The zero-order chi connectivity index (χ0) is 7.49. The molecule has 0 N–H and O–H groups in total. The summed E-state index contributed by atoms with van der Waals surface area (Å²) in [6, 6.07) is 0. The minimum absolute atomic E-state index is 0. The number of ether oxygens (including phenoxy) is 1. The predicted molar refractivity (Wildman–Crippen MR) is 54.1 cm³/mol. The molecule has 0 aliphatic carbocycles. The molecule has 56 valence electrons. The third-order valence-corrected chi connectivity index (χ3v) is 0.876. The first-order valence-electron chi connectivity index (χ1n) is 2.77. The second-order valence-corrected chi connectivity index (χ2v) is 4.19. The van der Waals surface area contributed by atoms with Crippen molar-refractivity contribution in [3.63, 3.8) is 0 Å². The van der Waals surface area contributed by atoms with Gasteiger partial charge in [-0.2, -0.15) is 0 Å². The zero-order valence-electron chi connectivity index (χ0n) is 5.97. The van der Waals surface area contributed by atoms with E-state index in [1.807, 2.05) is 0 Å². The fourth-order valence-corrected chi connectivity index (χ4v) is 0.402. The molecular weight excluding hydrogens is 175 g/mol. The Morgan fingerprint density at radius 3 is 2.00 bits per heavy atom. The number of rotatable bonds is 1. The van der Waals surface area contributed by atoms with Gasteiger partial charge in [-0.1, -0.05) is 33.4 Å². The van der Waals surface area contributed by atoms with Crippen LogP contribution in [-0.4, -0.2) is 40.5 Å². The third kappa shape index (κ3) is 12.0. The van der Waals surface area contributed by atoms with Crippen molar-refractivity contribution in [3.8, 4) is 0 Å². The quantitative estimate of drug-likeness (QED) is 0.380. The number of hydrogen-bond acceptors (Lipinski definition) is 2. The van der Waals surface area contributed by atoms with E-state index in [0.29, 0.717) is 11.0 Å². The molecule has 0 amide bonds. The van der Waals surface area contributed by atoms with Crippen molar-refractivity contribution in [1.29, 1.82) is 0 Å². The van der Waals surface area contributed by atoms with Crippen LogP contribution in [0.25, 0.3) is 0 Å². The van der Waals surface area contributed by atoms with Gasteiger partial charge in [-0.05, 0) is 17.6 Å². The van der Waals surface area contributed by atoms with Crippen molar-refractivity contribution in [2.24, 2.45) is 5.41 Å². The van der Waals surface area contributed by atoms with E-state index in [2.05, 4.69) is 45.6 Å². The Morgan fingerprint density at radius 2 is 1.90 bits per heavy atom. The summed E-state index contributed by atoms with van der Waals surface area (Å²) in [4.78, 5) is 0. The molecule has 10 heavy (non-hydrogen) atoms. The van der Waals surface area contributed by atoms with Gasteiger partial charge in [0.2, 0.25) is 4.38 Å². The van der Waals surface area contributed by atoms with Crippen LogP contribution in [0.2, 0.25) is 0 Å². The average Bonchev–Trinajstić information content (AvgIpc) is 1.59. The second kappa shape index (κ2) is 5.84. The van der Waals surface area contributed by atoms with Crippen LogP contribution in [0, 0.1) is 5.41 Å². The Labute approximate surface area is 95.6 Å². The molecule has 0 heterocycles. The van der Waals surface area contributed by atoms with Gasteiger partial charge in [0.1, 0.15) is 0 Å². The fraction of sp³-hybridized carbons (Fsp3) is 0.833. The van der Waals surface area contributed by atoms with Gasteiger partial charge < -0.3 is 4.74 Å². The molecule has 0 aliphatic rings. The molecule has 0 saturated carbocycles. The molecule has 0 saturated heterocycles. The SMILES string of the molecule is CC(C)(C)COC(=S)S.[NaH]. The van der Waals surface area contributed by atoms with Crippen LogP contribution in [-0.2, 0) is 4.74 Å². The van der Waals surface area contributed by atoms with Gasteiger partial charge in [0.25, 0.3) is 0 Å². The second-order valence-electron chi connectivity index (χ2n) is 3.12. The van der Waals surface area contributed by atoms with Gasteiger partial charge in [0.05, 0.1) is 6.61 Å². The molecule has 0 fully saturated rings. The third-order valence-electron chi connectivity index (χ3n) is 0.629. The zero-order valence-corrected chi connectivity index (χ0v) is 7.68. The molecule has 0 unspecified atom stereocenters. The summed E-state index contributed by atoms with van der Waals surface area (Å²) in [5.41, 5.74) is 0.173. The van der Waals surface area contributed by atoms with Gasteiger partial charge in [-0.3, -0.25) is 0 Å². The summed E-state index contributed by atoms with van der Waals surface area (Å²) in [5.74, 6) is 0. The van der Waals surface area contributed by atoms with Gasteiger partial charge in [0.15, 0.2) is 0 Å². The number of thiol groups is 1. The Kier molecular flexibility index (Phi) is 8.06. The first-order chi connectivity index (χ1) is 3.92. The van der Waals surface area contributed by atoms with Crippen LogP contribution in [0.1, 0.15) is 20.8 Å². The van der Waals surface area contributed by atoms with Crippen LogP contribution in [0.5, 0.6) is 0 Å². The Morgan fingerprint density at radius 1 is 1.50 bits per heavy atom. The van der Waals surface area contributed by atoms with E-state index in [9.17, 15) is 0 Å². The van der Waals surface area contributed by atoms with E-state index in [0.717, 1.165) is 0 Å². The Hall–Kier alpha value is 1.24. The van der Waals surface area contributed by atoms with Gasteiger partial charge >= 0.3 is 29.6 Å². The van der Waals surface area contributed by atoms with Gasteiger partial charge in [-0.25, -0.2) is 0 Å². The maximum absolute atomic E-state index is 5.00. The monoisotopic (exact) mass is 188 g/mol. The summed E-state index contributed by atoms with van der Waals surface area (Å²) in [6.45, 7) is 6.88. The molecule has 0 radical (unpaired) electrons. The molecule has 0 aromatic rings. The van der Waals surface area contributed by atoms with Crippen LogP contribution in [0.3, 0.4) is 0 Å². The van der Waals surface area contributed by atoms with E-state index < -0.39 is 0 Å². The van der Waals surface area contributed by atoms with Gasteiger partial charge in [-0.15, -0.1) is 0 Å². The Bertz CT molecular complexity index is 109. The first kappa shape index (κ1) is 13.8. The summed E-state index contributed by atoms with van der Waals surface area (Å²) in [6.07, 6.45) is 0. The molecule has 0 atom stereocenters. The molecule has 0 rings (SSSR count). The molecule has 0 bridgehead atoms. The van der Waals surface area contributed by atoms with Crippen LogP contribution < -0.4 is 0 Å². The molecule has 0 aromatic carbocycles. The predicted octanol–water partition coefficient (Wildman–Crippen LogP) is 1.62. The maximum atomic E-state index is 5.00. The first-order valence-corrected chi connectivity index (χ1v) is 3.63. The number of hydrogen-bond donors (Lipinski definition) is 1. The van der Waals surface area contributed by atoms with E-state index in [1.165, 1.54) is 0 Å². The Balaban J connectivity index is 0. The summed E-state index contributed by atoms with van der Waals surface area (Å²) < 4.78 is 5.33. The van der Waals surface area contributed by atoms with E-state index >= 15 is 0 Å². The standard InChI is InChI=1S/C6H12OS2.Na.H/c1-6(2,3)4-7-5(8)9;;/h4H2,1-3H3,(H,8,9);;. The molecule has 0 spiro atoms. The van der Waals surface area contributed by atoms with Crippen LogP contribution >= 0.6 is 24.8 Å². The van der Waals surface area contributed by atoms with Crippen LogP contribution in [0.4, 0.5) is 0 Å². The molecule has 0 aliphatic heterocycles. The van der Waals surface area contributed by atoms with Crippen LogP contribution in [0.15, 0.2) is 0 Å². The minimum atomic E-state index is 0. The van der Waals surface area contributed by atoms with E-state index in [4.69, 9.17) is 4.74 Å². The summed E-state index contributed by atoms with van der Waals surface area (Å²) in [5, 5.41) is 0. The van der Waals surface area contributed by atoms with Crippen molar-refractivity contribution >= 4 is 58.8 Å². The molecular formula is C6H13NaOS2. The topological polar surface area (TPSA) is 9.23 Å². The molecule has 4 heteroatoms. The average molecular weight is 188 g/mol. The normalized spacial score (nSPS) is 10.0. The van der Waals surface area contributed by atoms with E-state index in [1.54, 1.807) is 0 Å². The van der Waals surface area contributed by atoms with Gasteiger partial charge in [0, 0.05) is 0 Å². The summed E-state index contributed by atoms with van der Waals surface area (Å²) in [7, 11) is 0. The fourth-order valence-electron chi connectivity index (χ4n) is 0.278. The van der Waals surface area contributed by atoms with Crippen molar-refractivity contribution in [1.82, 2.24) is 0 Å². The molecule has 0 aromatic heterocycles.